The number of halogens is 3. The summed E-state index contributed by atoms with van der Waals surface area (Å²) in [7, 11) is 0. The van der Waals surface area contributed by atoms with Gasteiger partial charge in [0, 0.05) is 6.54 Å². The Morgan fingerprint density at radius 2 is 2.00 bits per heavy atom. The predicted molar refractivity (Wildman–Crippen MR) is 89.6 cm³/mol. The van der Waals surface area contributed by atoms with Crippen molar-refractivity contribution in [2.75, 3.05) is 18.1 Å². The van der Waals surface area contributed by atoms with Crippen molar-refractivity contribution < 1.29 is 27.8 Å². The number of nitrogens with one attached hydrogen (secondary N) is 1. The van der Waals surface area contributed by atoms with Gasteiger partial charge >= 0.3 is 12.1 Å². The first-order chi connectivity index (χ1) is 12.8. The highest BCUT2D eigenvalue weighted by Crippen LogP contribution is 2.36. The third kappa shape index (κ3) is 4.42. The normalized spacial score (nSPS) is 26.3. The smallest absolute Gasteiger partial charge is 0.423 e. The molecule has 1 saturated carbocycles. The zero-order valence-corrected chi connectivity index (χ0v) is 14.7. The molecule has 2 aliphatic rings. The number of hydrogen-bond donors (Lipinski definition) is 2. The Balaban J connectivity index is 1.66. The van der Waals surface area contributed by atoms with Gasteiger partial charge in [0.15, 0.2) is 0 Å². The molecule has 1 saturated heterocycles. The van der Waals surface area contributed by atoms with Crippen molar-refractivity contribution in [1.82, 2.24) is 10.2 Å². The molecule has 2 N–H and O–H groups in total. The van der Waals surface area contributed by atoms with Crippen LogP contribution in [0.1, 0.15) is 44.1 Å². The summed E-state index contributed by atoms with van der Waals surface area (Å²) in [5, 5.41) is 14.4. The van der Waals surface area contributed by atoms with Gasteiger partial charge in [-0.05, 0) is 38.5 Å². The van der Waals surface area contributed by atoms with Gasteiger partial charge in [0.05, 0.1) is 36.6 Å². The van der Waals surface area contributed by atoms with E-state index in [9.17, 15) is 22.8 Å². The highest BCUT2D eigenvalue weighted by Gasteiger charge is 2.41. The van der Waals surface area contributed by atoms with Gasteiger partial charge in [-0.3, -0.25) is 9.59 Å². The number of ether oxygens (including phenoxy) is 1. The van der Waals surface area contributed by atoms with E-state index < -0.39 is 23.3 Å². The van der Waals surface area contributed by atoms with E-state index in [0.29, 0.717) is 45.1 Å². The van der Waals surface area contributed by atoms with Gasteiger partial charge in [0.2, 0.25) is 0 Å². The molecule has 3 rings (SSSR count). The number of aromatic amines is 1. The Morgan fingerprint density at radius 1 is 1.30 bits per heavy atom. The van der Waals surface area contributed by atoms with Crippen LogP contribution in [0.2, 0.25) is 0 Å². The van der Waals surface area contributed by atoms with E-state index in [4.69, 9.17) is 9.84 Å². The van der Waals surface area contributed by atoms with E-state index in [1.54, 1.807) is 4.90 Å². The Labute approximate surface area is 153 Å². The van der Waals surface area contributed by atoms with E-state index in [-0.39, 0.29) is 30.4 Å². The summed E-state index contributed by atoms with van der Waals surface area (Å²) in [6, 6.07) is -0.271. The van der Waals surface area contributed by atoms with Crippen molar-refractivity contribution in [3.8, 4) is 0 Å². The van der Waals surface area contributed by atoms with Crippen LogP contribution in [0.3, 0.4) is 0 Å². The fourth-order valence-electron chi connectivity index (χ4n) is 3.93. The Kier molecular flexibility index (Phi) is 5.73. The largest absolute Gasteiger partial charge is 0.481 e. The van der Waals surface area contributed by atoms with Gasteiger partial charge in [-0.15, -0.1) is 0 Å². The molecule has 27 heavy (non-hydrogen) atoms. The molecule has 2 fully saturated rings. The van der Waals surface area contributed by atoms with Crippen molar-refractivity contribution in [3.63, 3.8) is 0 Å². The van der Waals surface area contributed by atoms with E-state index in [0.717, 1.165) is 6.20 Å². The minimum atomic E-state index is -4.77. The lowest BCUT2D eigenvalue weighted by atomic mass is 9.87. The SMILES string of the molecule is O=C(O)C1CCC(OC[C@@H]2CCCN2c2cn[nH]c(=O)c2C(F)(F)F)CC1. The quantitative estimate of drug-likeness (QED) is 0.803. The summed E-state index contributed by atoms with van der Waals surface area (Å²) in [5.41, 5.74) is -2.70. The summed E-state index contributed by atoms with van der Waals surface area (Å²) in [6.45, 7) is 0.639. The van der Waals surface area contributed by atoms with Crippen LogP contribution < -0.4 is 10.5 Å². The average Bonchev–Trinajstić information content (AvgIpc) is 3.07. The molecule has 0 radical (unpaired) electrons. The predicted octanol–water partition coefficient (Wildman–Crippen LogP) is 2.42. The second kappa shape index (κ2) is 7.87. The van der Waals surface area contributed by atoms with Crippen molar-refractivity contribution in [2.45, 2.75) is 56.8 Å². The van der Waals surface area contributed by atoms with E-state index >= 15 is 0 Å². The van der Waals surface area contributed by atoms with Gasteiger partial charge in [-0.1, -0.05) is 0 Å². The van der Waals surface area contributed by atoms with Crippen molar-refractivity contribution in [1.29, 1.82) is 0 Å². The number of hydrogen-bond acceptors (Lipinski definition) is 5. The first kappa shape index (κ1) is 19.7. The zero-order chi connectivity index (χ0) is 19.6. The second-order valence-electron chi connectivity index (χ2n) is 7.09. The number of H-pyrrole nitrogens is 1. The molecule has 0 bridgehead atoms. The summed E-state index contributed by atoms with van der Waals surface area (Å²) < 4.78 is 45.8. The maximum Gasteiger partial charge on any atom is 0.423 e. The molecule has 1 atom stereocenters. The highest BCUT2D eigenvalue weighted by molar-refractivity contribution is 5.70. The van der Waals surface area contributed by atoms with Crippen LogP contribution in [0.4, 0.5) is 18.9 Å². The minimum absolute atomic E-state index is 0.0811. The number of aliphatic carboxylic acids is 1. The first-order valence-corrected chi connectivity index (χ1v) is 9.03. The molecule has 1 aliphatic carbocycles. The lowest BCUT2D eigenvalue weighted by molar-refractivity contribution is -0.144. The number of aromatic nitrogens is 2. The fourth-order valence-corrected chi connectivity index (χ4v) is 3.93. The number of anilines is 1. The van der Waals surface area contributed by atoms with Crippen molar-refractivity contribution in [3.05, 3.63) is 22.1 Å². The lowest BCUT2D eigenvalue weighted by Crippen LogP contribution is -2.38. The molecule has 1 aromatic heterocycles. The van der Waals surface area contributed by atoms with Crippen molar-refractivity contribution in [2.24, 2.45) is 5.92 Å². The van der Waals surface area contributed by atoms with Crippen molar-refractivity contribution >= 4 is 11.7 Å². The summed E-state index contributed by atoms with van der Waals surface area (Å²) >= 11 is 0. The van der Waals surface area contributed by atoms with Crippen LogP contribution in [-0.2, 0) is 15.7 Å². The number of carboxylic acids is 1. The van der Waals surface area contributed by atoms with Crippen LogP contribution in [0, 0.1) is 5.92 Å². The van der Waals surface area contributed by atoms with Gasteiger partial charge in [-0.25, -0.2) is 5.10 Å². The lowest BCUT2D eigenvalue weighted by Gasteiger charge is -2.31. The maximum atomic E-state index is 13.3. The van der Waals surface area contributed by atoms with Crippen LogP contribution >= 0.6 is 0 Å². The Hall–Kier alpha value is -2.10. The number of carbonyl (C=O) groups is 1. The molecule has 7 nitrogen and oxygen atoms in total. The van der Waals surface area contributed by atoms with E-state index in [1.165, 1.54) is 0 Å². The van der Waals surface area contributed by atoms with Crippen LogP contribution in [0.25, 0.3) is 0 Å². The first-order valence-electron chi connectivity index (χ1n) is 9.03. The summed E-state index contributed by atoms with van der Waals surface area (Å²) in [6.07, 6.45) is -0.0976. The summed E-state index contributed by atoms with van der Waals surface area (Å²) in [5.74, 6) is -1.14. The Morgan fingerprint density at radius 3 is 2.63 bits per heavy atom. The van der Waals surface area contributed by atoms with Gasteiger partial charge in [-0.2, -0.15) is 18.3 Å². The molecule has 0 amide bonds. The number of carboxylic acid groups (broad SMARTS) is 1. The molecule has 10 heteroatoms. The highest BCUT2D eigenvalue weighted by atomic mass is 19.4. The zero-order valence-electron chi connectivity index (χ0n) is 14.7. The third-order valence-corrected chi connectivity index (χ3v) is 5.35. The molecule has 0 aromatic carbocycles. The molecule has 150 valence electrons. The maximum absolute atomic E-state index is 13.3. The number of nitrogens with zero attached hydrogens (tertiary/aromatic N) is 2. The van der Waals surface area contributed by atoms with Crippen LogP contribution in [0.15, 0.2) is 11.0 Å². The topological polar surface area (TPSA) is 95.5 Å². The number of alkyl halides is 3. The third-order valence-electron chi connectivity index (χ3n) is 5.35. The van der Waals surface area contributed by atoms with Crippen LogP contribution in [-0.4, -0.2) is 46.6 Å². The van der Waals surface area contributed by atoms with E-state index in [2.05, 4.69) is 5.10 Å². The molecular formula is C17H22F3N3O4. The van der Waals surface area contributed by atoms with Gasteiger partial charge < -0.3 is 14.7 Å². The molecule has 0 spiro atoms. The standard InChI is InChI=1S/C17H22F3N3O4/c18-17(19,20)14-13(8-21-22-15(14)24)23-7-1-2-11(23)9-27-12-5-3-10(4-6-12)16(25)26/h8,10-12H,1-7,9H2,(H,22,24)(H,25,26)/t10?,11-,12?/m0/s1. The average molecular weight is 389 g/mol. The monoisotopic (exact) mass is 389 g/mol. The fraction of sp³-hybridized carbons (Fsp3) is 0.706. The molecule has 0 unspecified atom stereocenters. The molecular weight excluding hydrogens is 367 g/mol. The Bertz CT molecular complexity index is 729. The molecule has 1 aliphatic heterocycles. The van der Waals surface area contributed by atoms with Crippen LogP contribution in [0.5, 0.6) is 0 Å². The van der Waals surface area contributed by atoms with Gasteiger partial charge in [0.25, 0.3) is 5.56 Å². The minimum Gasteiger partial charge on any atom is -0.481 e. The van der Waals surface area contributed by atoms with E-state index in [1.807, 2.05) is 5.10 Å². The van der Waals surface area contributed by atoms with Gasteiger partial charge in [0.1, 0.15) is 5.56 Å². The second-order valence-corrected chi connectivity index (χ2v) is 7.09. The molecule has 2 heterocycles. The molecule has 1 aromatic rings. The number of rotatable bonds is 5. The summed E-state index contributed by atoms with van der Waals surface area (Å²) in [4.78, 5) is 24.2.